The molecule has 0 saturated carbocycles. The third-order valence-corrected chi connectivity index (χ3v) is 8.21. The molecule has 0 N–H and O–H groups in total. The highest BCUT2D eigenvalue weighted by atomic mass is 32.1. The summed E-state index contributed by atoms with van der Waals surface area (Å²) in [6.45, 7) is 2.38. The minimum absolute atomic E-state index is 0.126. The molecule has 0 saturated heterocycles. The van der Waals surface area contributed by atoms with Gasteiger partial charge in [-0.15, -0.1) is 16.4 Å². The number of anilines is 1. The van der Waals surface area contributed by atoms with E-state index in [1.54, 1.807) is 17.7 Å². The number of hydrogen-bond donors (Lipinski definition) is 0. The van der Waals surface area contributed by atoms with E-state index < -0.39 is 16.6 Å². The summed E-state index contributed by atoms with van der Waals surface area (Å²) in [5.41, 5.74) is 3.91. The van der Waals surface area contributed by atoms with E-state index in [-0.39, 0.29) is 23.6 Å². The number of thiophene rings is 1. The molecule has 41 heavy (non-hydrogen) atoms. The minimum Gasteiger partial charge on any atom is -0.307 e. The van der Waals surface area contributed by atoms with Crippen LogP contribution in [0.3, 0.4) is 0 Å². The van der Waals surface area contributed by atoms with Crippen LogP contribution in [-0.4, -0.2) is 38.2 Å². The number of ketones is 1. The molecule has 1 amide bonds. The fraction of sp³-hybridized carbons (Fsp3) is 0.133. The summed E-state index contributed by atoms with van der Waals surface area (Å²) in [6, 6.07) is 21.1. The smallest absolute Gasteiger partial charge is 0.269 e. The van der Waals surface area contributed by atoms with E-state index in [9.17, 15) is 24.1 Å². The maximum absolute atomic E-state index is 14.5. The summed E-state index contributed by atoms with van der Waals surface area (Å²) in [7, 11) is 0. The van der Waals surface area contributed by atoms with Crippen molar-refractivity contribution in [1.82, 2.24) is 15.0 Å². The summed E-state index contributed by atoms with van der Waals surface area (Å²) in [5, 5.41) is 19.4. The number of nitro benzene ring substituents is 1. The van der Waals surface area contributed by atoms with Crippen molar-refractivity contribution in [2.45, 2.75) is 19.9 Å². The molecule has 0 aliphatic carbocycles. The van der Waals surface area contributed by atoms with Gasteiger partial charge in [-0.3, -0.25) is 19.7 Å². The highest BCUT2D eigenvalue weighted by molar-refractivity contribution is 7.17. The lowest BCUT2D eigenvalue weighted by atomic mass is 10.1. The molecule has 1 aliphatic heterocycles. The maximum atomic E-state index is 14.5. The van der Waals surface area contributed by atoms with Gasteiger partial charge in [0, 0.05) is 34.7 Å². The lowest BCUT2D eigenvalue weighted by Gasteiger charge is -2.23. The first-order valence-electron chi connectivity index (χ1n) is 12.8. The molecule has 0 radical (unpaired) electrons. The van der Waals surface area contributed by atoms with Crippen LogP contribution in [0, 0.1) is 22.9 Å². The second kappa shape index (κ2) is 10.5. The molecule has 0 spiro atoms. The predicted octanol–water partition coefficient (Wildman–Crippen LogP) is 5.84. The molecular formula is C30H22FN5O4S. The number of rotatable bonds is 6. The van der Waals surface area contributed by atoms with Crippen LogP contribution in [0.1, 0.15) is 42.5 Å². The van der Waals surface area contributed by atoms with Crippen molar-refractivity contribution < 1.29 is 18.9 Å². The maximum Gasteiger partial charge on any atom is 0.269 e. The Bertz CT molecular complexity index is 1810. The zero-order valence-corrected chi connectivity index (χ0v) is 22.6. The molecule has 6 rings (SSSR count). The van der Waals surface area contributed by atoms with Gasteiger partial charge in [0.15, 0.2) is 0 Å². The standard InChI is InChI=1S/C30H22FN5O4S/c1-18-27(35(33-32-18)17-19-5-3-2-4-6-19)28(37)26-15-21-13-14-34(25-16-22(31)9-12-24(25)29(21)41-26)30(38)20-7-10-23(11-8-20)36(39)40/h2-12,15-16H,13-14,17H2,1H3. The highest BCUT2D eigenvalue weighted by Crippen LogP contribution is 2.43. The summed E-state index contributed by atoms with van der Waals surface area (Å²) < 4.78 is 16.1. The first kappa shape index (κ1) is 26.2. The molecule has 0 bridgehead atoms. The Labute approximate surface area is 237 Å². The lowest BCUT2D eigenvalue weighted by molar-refractivity contribution is -0.384. The Morgan fingerprint density at radius 1 is 1.05 bits per heavy atom. The number of carbonyl (C=O) groups is 2. The van der Waals surface area contributed by atoms with Gasteiger partial charge in [0.05, 0.1) is 27.7 Å². The number of fused-ring (bicyclic) bond motifs is 3. The van der Waals surface area contributed by atoms with Gasteiger partial charge in [-0.1, -0.05) is 35.5 Å². The summed E-state index contributed by atoms with van der Waals surface area (Å²) in [4.78, 5) is 40.5. The van der Waals surface area contributed by atoms with E-state index in [4.69, 9.17) is 0 Å². The van der Waals surface area contributed by atoms with Gasteiger partial charge >= 0.3 is 0 Å². The van der Waals surface area contributed by atoms with Crippen LogP contribution >= 0.6 is 11.3 Å². The van der Waals surface area contributed by atoms with E-state index in [1.807, 2.05) is 36.4 Å². The third kappa shape index (κ3) is 4.91. The van der Waals surface area contributed by atoms with Crippen LogP contribution in [0.2, 0.25) is 0 Å². The first-order valence-corrected chi connectivity index (χ1v) is 13.6. The number of nitrogens with zero attached hydrogens (tertiary/aromatic N) is 5. The third-order valence-electron chi connectivity index (χ3n) is 7.00. The molecule has 204 valence electrons. The summed E-state index contributed by atoms with van der Waals surface area (Å²) in [5.74, 6) is -1.11. The van der Waals surface area contributed by atoms with Gasteiger partial charge in [0.2, 0.25) is 5.78 Å². The lowest BCUT2D eigenvalue weighted by Crippen LogP contribution is -2.32. The van der Waals surface area contributed by atoms with Crippen LogP contribution in [0.25, 0.3) is 10.4 Å². The first-order chi connectivity index (χ1) is 19.8. The van der Waals surface area contributed by atoms with Gasteiger partial charge in [-0.05, 0) is 60.9 Å². The zero-order valence-electron chi connectivity index (χ0n) is 21.8. The van der Waals surface area contributed by atoms with Crippen LogP contribution in [-0.2, 0) is 13.0 Å². The fourth-order valence-corrected chi connectivity index (χ4v) is 6.17. The molecule has 0 fully saturated rings. The topological polar surface area (TPSA) is 111 Å². The molecular weight excluding hydrogens is 545 g/mol. The van der Waals surface area contributed by atoms with Crippen molar-refractivity contribution in [2.24, 2.45) is 0 Å². The van der Waals surface area contributed by atoms with Crippen LogP contribution < -0.4 is 4.90 Å². The second-order valence-corrected chi connectivity index (χ2v) is 10.7. The molecule has 1 aliphatic rings. The molecule has 5 aromatic rings. The summed E-state index contributed by atoms with van der Waals surface area (Å²) in [6.07, 6.45) is 0.425. The number of carbonyl (C=O) groups excluding carboxylic acids is 2. The Hall–Kier alpha value is -5.03. The number of non-ortho nitro benzene ring substituents is 1. The highest BCUT2D eigenvalue weighted by Gasteiger charge is 2.30. The van der Waals surface area contributed by atoms with Gasteiger partial charge < -0.3 is 4.90 Å². The van der Waals surface area contributed by atoms with Gasteiger partial charge in [-0.2, -0.15) is 0 Å². The van der Waals surface area contributed by atoms with Gasteiger partial charge in [-0.25, -0.2) is 9.07 Å². The quantitative estimate of drug-likeness (QED) is 0.145. The normalized spacial score (nSPS) is 12.4. The van der Waals surface area contributed by atoms with Crippen molar-refractivity contribution in [3.05, 3.63) is 128 Å². The molecule has 0 atom stereocenters. The predicted molar refractivity (Wildman–Crippen MR) is 152 cm³/mol. The van der Waals surface area contributed by atoms with Crippen molar-refractivity contribution in [3.8, 4) is 10.4 Å². The van der Waals surface area contributed by atoms with Crippen LogP contribution in [0.4, 0.5) is 15.8 Å². The minimum atomic E-state index is -0.534. The second-order valence-electron chi connectivity index (χ2n) is 9.63. The number of aryl methyl sites for hydroxylation is 1. The average Bonchev–Trinajstić information content (AvgIpc) is 3.52. The SMILES string of the molecule is Cc1nnn(Cc2ccccc2)c1C(=O)c1cc2c(s1)-c1ccc(F)cc1N(C(=O)c1ccc([N+](=O)[O-])cc1)CC2. The van der Waals surface area contributed by atoms with Crippen molar-refractivity contribution >= 4 is 34.4 Å². The van der Waals surface area contributed by atoms with Crippen LogP contribution in [0.5, 0.6) is 0 Å². The van der Waals surface area contributed by atoms with Crippen molar-refractivity contribution in [3.63, 3.8) is 0 Å². The Balaban J connectivity index is 1.35. The number of hydrogen-bond acceptors (Lipinski definition) is 7. The number of amides is 1. The molecule has 9 nitrogen and oxygen atoms in total. The molecule has 2 aromatic heterocycles. The van der Waals surface area contributed by atoms with Crippen molar-refractivity contribution in [1.29, 1.82) is 0 Å². The summed E-state index contributed by atoms with van der Waals surface area (Å²) >= 11 is 1.29. The largest absolute Gasteiger partial charge is 0.307 e. The van der Waals surface area contributed by atoms with E-state index in [0.29, 0.717) is 40.5 Å². The molecule has 3 heterocycles. The molecule has 3 aromatic carbocycles. The number of benzene rings is 3. The molecule has 11 heteroatoms. The Morgan fingerprint density at radius 3 is 2.54 bits per heavy atom. The Morgan fingerprint density at radius 2 is 1.80 bits per heavy atom. The zero-order chi connectivity index (χ0) is 28.7. The average molecular weight is 568 g/mol. The Kier molecular flexibility index (Phi) is 6.72. The monoisotopic (exact) mass is 567 g/mol. The van der Waals surface area contributed by atoms with E-state index >= 15 is 0 Å². The van der Waals surface area contributed by atoms with Gasteiger partial charge in [0.1, 0.15) is 11.5 Å². The fourth-order valence-electron chi connectivity index (χ4n) is 4.98. The number of nitro groups is 1. The van der Waals surface area contributed by atoms with Crippen LogP contribution in [0.15, 0.2) is 78.9 Å². The molecule has 0 unspecified atom stereocenters. The van der Waals surface area contributed by atoms with E-state index in [2.05, 4.69) is 10.3 Å². The van der Waals surface area contributed by atoms with Gasteiger partial charge in [0.25, 0.3) is 11.6 Å². The van der Waals surface area contributed by atoms with E-state index in [1.165, 1.54) is 52.6 Å². The number of aromatic nitrogens is 3. The van der Waals surface area contributed by atoms with Crippen molar-refractivity contribution in [2.75, 3.05) is 11.4 Å². The van der Waals surface area contributed by atoms with E-state index in [0.717, 1.165) is 16.0 Å². The number of halogens is 1.